The van der Waals surface area contributed by atoms with E-state index in [1.54, 1.807) is 36.2 Å². The first-order valence-corrected chi connectivity index (χ1v) is 12.6. The van der Waals surface area contributed by atoms with Gasteiger partial charge in [0.25, 0.3) is 5.91 Å². The number of benzodiazepines with no additional fused rings is 1. The molecule has 4 rings (SSSR count). The summed E-state index contributed by atoms with van der Waals surface area (Å²) in [7, 11) is 0. The van der Waals surface area contributed by atoms with Crippen LogP contribution >= 0.6 is 0 Å². The van der Waals surface area contributed by atoms with Crippen molar-refractivity contribution in [1.82, 2.24) is 5.32 Å². The van der Waals surface area contributed by atoms with Crippen molar-refractivity contribution in [1.29, 1.82) is 0 Å². The van der Waals surface area contributed by atoms with E-state index in [-0.39, 0.29) is 17.7 Å². The minimum atomic E-state index is -0.700. The number of amides is 3. The lowest BCUT2D eigenvalue weighted by Gasteiger charge is -2.25. The second kappa shape index (κ2) is 11.3. The van der Waals surface area contributed by atoms with Gasteiger partial charge in [-0.25, -0.2) is 0 Å². The molecule has 1 heterocycles. The van der Waals surface area contributed by atoms with Gasteiger partial charge in [0.2, 0.25) is 11.8 Å². The van der Waals surface area contributed by atoms with E-state index in [1.165, 1.54) is 12.8 Å². The molecule has 1 aliphatic carbocycles. The monoisotopic (exact) mass is 474 g/mol. The number of nitrogens with zero attached hydrogens (tertiary/aromatic N) is 2. The minimum Gasteiger partial charge on any atom is -0.345 e. The summed E-state index contributed by atoms with van der Waals surface area (Å²) in [6.45, 7) is 4.33. The molecule has 0 saturated heterocycles. The molecule has 0 aromatic heterocycles. The molecule has 0 radical (unpaired) electrons. The summed E-state index contributed by atoms with van der Waals surface area (Å²) >= 11 is 0. The molecule has 7 heteroatoms. The average Bonchev–Trinajstić information content (AvgIpc) is 3.31. The predicted octanol–water partition coefficient (Wildman–Crippen LogP) is 4.63. The van der Waals surface area contributed by atoms with Gasteiger partial charge in [0.15, 0.2) is 6.04 Å². The molecule has 1 aliphatic heterocycles. The van der Waals surface area contributed by atoms with Gasteiger partial charge in [-0.15, -0.1) is 0 Å². The van der Waals surface area contributed by atoms with Crippen LogP contribution in [0.2, 0.25) is 0 Å². The quantitative estimate of drug-likeness (QED) is 0.585. The lowest BCUT2D eigenvalue weighted by atomic mass is 10.0. The Balaban J connectivity index is 1.45. The summed E-state index contributed by atoms with van der Waals surface area (Å²) in [5, 5.41) is 5.69. The number of anilines is 2. The molecule has 1 saturated carbocycles. The van der Waals surface area contributed by atoms with Crippen molar-refractivity contribution in [3.05, 3.63) is 59.7 Å². The molecule has 2 N–H and O–H groups in total. The third-order valence-corrected chi connectivity index (χ3v) is 6.73. The number of hydrogen-bond donors (Lipinski definition) is 2. The van der Waals surface area contributed by atoms with Gasteiger partial charge in [-0.05, 0) is 55.9 Å². The minimum absolute atomic E-state index is 0.0812. The van der Waals surface area contributed by atoms with Crippen molar-refractivity contribution in [2.24, 2.45) is 10.9 Å². The summed E-state index contributed by atoms with van der Waals surface area (Å²) in [5.74, 6) is -0.0398. The number of carbonyl (C=O) groups excluding carboxylic acids is 3. The molecule has 2 aromatic carbocycles. The first-order valence-electron chi connectivity index (χ1n) is 12.6. The first-order chi connectivity index (χ1) is 17.0. The highest BCUT2D eigenvalue weighted by Gasteiger charge is 2.29. The van der Waals surface area contributed by atoms with Crippen molar-refractivity contribution in [3.63, 3.8) is 0 Å². The predicted molar refractivity (Wildman–Crippen MR) is 139 cm³/mol. The normalized spacial score (nSPS) is 18.6. The van der Waals surface area contributed by atoms with E-state index in [0.29, 0.717) is 30.1 Å². The summed E-state index contributed by atoms with van der Waals surface area (Å²) in [6, 6.07) is 13.6. The maximum Gasteiger partial charge on any atom is 0.256 e. The Morgan fingerprint density at radius 2 is 1.89 bits per heavy atom. The molecular weight excluding hydrogens is 440 g/mol. The highest BCUT2D eigenvalue weighted by Crippen LogP contribution is 2.31. The number of benzene rings is 2. The smallest absolute Gasteiger partial charge is 0.256 e. The van der Waals surface area contributed by atoms with Gasteiger partial charge in [0, 0.05) is 30.4 Å². The number of aliphatic imine (C=N–C) groups is 1. The Hall–Kier alpha value is -3.48. The molecule has 1 fully saturated rings. The van der Waals surface area contributed by atoms with Gasteiger partial charge in [-0.2, -0.15) is 0 Å². The average molecular weight is 475 g/mol. The number of carbonyl (C=O) groups is 3. The molecule has 184 valence electrons. The Kier molecular flexibility index (Phi) is 7.95. The fourth-order valence-electron chi connectivity index (χ4n) is 4.89. The van der Waals surface area contributed by atoms with E-state index < -0.39 is 12.1 Å². The van der Waals surface area contributed by atoms with Gasteiger partial charge < -0.3 is 15.5 Å². The lowest BCUT2D eigenvalue weighted by Crippen LogP contribution is -2.42. The van der Waals surface area contributed by atoms with Crippen LogP contribution in [0.3, 0.4) is 0 Å². The Bertz CT molecular complexity index is 1110. The lowest BCUT2D eigenvalue weighted by molar-refractivity contribution is -0.126. The van der Waals surface area contributed by atoms with E-state index in [9.17, 15) is 14.4 Å². The van der Waals surface area contributed by atoms with Crippen LogP contribution in [-0.2, 0) is 14.4 Å². The van der Waals surface area contributed by atoms with Crippen LogP contribution in [0.25, 0.3) is 0 Å². The van der Waals surface area contributed by atoms with E-state index in [4.69, 9.17) is 0 Å². The number of para-hydroxylation sites is 1. The SMILES string of the molecule is CCCN1C(=O)C(c2cccc(NC(=O)[C@H](C)NC(=O)CC3CCCC3)c2)N=Cc2ccccc21. The van der Waals surface area contributed by atoms with Crippen LogP contribution in [-0.4, -0.2) is 36.5 Å². The highest BCUT2D eigenvalue weighted by molar-refractivity contribution is 6.05. The van der Waals surface area contributed by atoms with Crippen molar-refractivity contribution >= 4 is 35.3 Å². The fourth-order valence-corrected chi connectivity index (χ4v) is 4.89. The Labute approximate surface area is 207 Å². The number of hydrogen-bond acceptors (Lipinski definition) is 4. The molecule has 0 spiro atoms. The van der Waals surface area contributed by atoms with Crippen molar-refractivity contribution in [2.75, 3.05) is 16.8 Å². The van der Waals surface area contributed by atoms with Crippen LogP contribution in [0.1, 0.15) is 69.5 Å². The third-order valence-electron chi connectivity index (χ3n) is 6.73. The molecule has 7 nitrogen and oxygen atoms in total. The molecule has 2 atom stereocenters. The van der Waals surface area contributed by atoms with Gasteiger partial charge >= 0.3 is 0 Å². The largest absolute Gasteiger partial charge is 0.345 e. The summed E-state index contributed by atoms with van der Waals surface area (Å²) in [4.78, 5) is 45.0. The number of fused-ring (bicyclic) bond motifs is 1. The standard InChI is InChI=1S/C28H34N4O3/c1-3-15-32-24-14-7-6-11-22(24)18-29-26(28(32)35)21-12-8-13-23(17-21)31-27(34)19(2)30-25(33)16-20-9-4-5-10-20/h6-8,11-14,17-20,26H,3-5,9-10,15-16H2,1-2H3,(H,30,33)(H,31,34)/t19-,26?/m0/s1. The van der Waals surface area contributed by atoms with E-state index in [1.807, 2.05) is 37.3 Å². The van der Waals surface area contributed by atoms with Gasteiger partial charge in [-0.1, -0.05) is 50.1 Å². The molecule has 1 unspecified atom stereocenters. The van der Waals surface area contributed by atoms with Gasteiger partial charge in [-0.3, -0.25) is 19.4 Å². The van der Waals surface area contributed by atoms with Crippen LogP contribution in [0.15, 0.2) is 53.5 Å². The summed E-state index contributed by atoms with van der Waals surface area (Å²) < 4.78 is 0. The first kappa shape index (κ1) is 24.6. The molecule has 35 heavy (non-hydrogen) atoms. The van der Waals surface area contributed by atoms with Crippen LogP contribution < -0.4 is 15.5 Å². The van der Waals surface area contributed by atoms with Gasteiger partial charge in [0.05, 0.1) is 5.69 Å². The van der Waals surface area contributed by atoms with E-state index in [2.05, 4.69) is 15.6 Å². The highest BCUT2D eigenvalue weighted by atomic mass is 16.2. The Morgan fingerprint density at radius 3 is 2.66 bits per heavy atom. The van der Waals surface area contributed by atoms with Crippen LogP contribution in [0.4, 0.5) is 11.4 Å². The Morgan fingerprint density at radius 1 is 1.11 bits per heavy atom. The maximum atomic E-state index is 13.5. The second-order valence-corrected chi connectivity index (χ2v) is 9.49. The zero-order chi connectivity index (χ0) is 24.8. The molecule has 2 aromatic rings. The topological polar surface area (TPSA) is 90.9 Å². The molecular formula is C28H34N4O3. The van der Waals surface area contributed by atoms with E-state index in [0.717, 1.165) is 30.5 Å². The zero-order valence-corrected chi connectivity index (χ0v) is 20.5. The fraction of sp³-hybridized carbons (Fsp3) is 0.429. The zero-order valence-electron chi connectivity index (χ0n) is 20.5. The summed E-state index contributed by atoms with van der Waals surface area (Å²) in [5.41, 5.74) is 3.03. The van der Waals surface area contributed by atoms with Crippen LogP contribution in [0, 0.1) is 5.92 Å². The van der Waals surface area contributed by atoms with E-state index >= 15 is 0 Å². The third kappa shape index (κ3) is 5.96. The number of nitrogens with one attached hydrogen (secondary N) is 2. The molecule has 0 bridgehead atoms. The molecule has 3 amide bonds. The summed E-state index contributed by atoms with van der Waals surface area (Å²) in [6.07, 6.45) is 7.59. The van der Waals surface area contributed by atoms with Crippen LogP contribution in [0.5, 0.6) is 0 Å². The van der Waals surface area contributed by atoms with Gasteiger partial charge in [0.1, 0.15) is 6.04 Å². The van der Waals surface area contributed by atoms with Crippen molar-refractivity contribution in [3.8, 4) is 0 Å². The second-order valence-electron chi connectivity index (χ2n) is 9.49. The van der Waals surface area contributed by atoms with Crippen molar-refractivity contribution in [2.45, 2.75) is 64.5 Å². The number of rotatable bonds is 8. The van der Waals surface area contributed by atoms with Crippen molar-refractivity contribution < 1.29 is 14.4 Å². The molecule has 2 aliphatic rings. The maximum absolute atomic E-state index is 13.5.